The van der Waals surface area contributed by atoms with Gasteiger partial charge in [-0.15, -0.1) is 0 Å². The standard InChI is InChI=1S/C18H24N4O3/c1-12-19-14(11-25-12)17(24)21-9-5-6-13(21)10-22-16(23)8-7-15(20-22)18(2,3)4/h7-8,11,13H,5-6,9-10H2,1-4H3. The van der Waals surface area contributed by atoms with E-state index in [-0.39, 0.29) is 22.9 Å². The molecule has 1 aliphatic heterocycles. The number of rotatable bonds is 3. The Bertz CT molecular complexity index is 831. The molecule has 3 heterocycles. The molecule has 0 aromatic carbocycles. The van der Waals surface area contributed by atoms with Crippen molar-refractivity contribution < 1.29 is 9.21 Å². The molecule has 7 nitrogen and oxygen atoms in total. The van der Waals surface area contributed by atoms with E-state index in [0.717, 1.165) is 18.5 Å². The summed E-state index contributed by atoms with van der Waals surface area (Å²) in [4.78, 5) is 30.8. The molecule has 1 aliphatic rings. The lowest BCUT2D eigenvalue weighted by Crippen LogP contribution is -2.41. The molecule has 2 aromatic heterocycles. The topological polar surface area (TPSA) is 81.2 Å². The minimum absolute atomic E-state index is 0.0649. The maximum Gasteiger partial charge on any atom is 0.276 e. The van der Waals surface area contributed by atoms with Gasteiger partial charge in [0.15, 0.2) is 11.6 Å². The van der Waals surface area contributed by atoms with Gasteiger partial charge in [0.05, 0.1) is 18.3 Å². The van der Waals surface area contributed by atoms with Crippen molar-refractivity contribution in [1.29, 1.82) is 0 Å². The van der Waals surface area contributed by atoms with Crippen molar-refractivity contribution >= 4 is 5.91 Å². The molecule has 134 valence electrons. The number of aryl methyl sites for hydroxylation is 1. The van der Waals surface area contributed by atoms with Gasteiger partial charge in [0.25, 0.3) is 11.5 Å². The fourth-order valence-electron chi connectivity index (χ4n) is 3.08. The van der Waals surface area contributed by atoms with Crippen LogP contribution in [0.25, 0.3) is 0 Å². The third kappa shape index (κ3) is 3.65. The fourth-order valence-corrected chi connectivity index (χ4v) is 3.08. The van der Waals surface area contributed by atoms with Crippen LogP contribution in [0.1, 0.15) is 55.7 Å². The summed E-state index contributed by atoms with van der Waals surface area (Å²) < 4.78 is 6.62. The molecule has 0 N–H and O–H groups in total. The van der Waals surface area contributed by atoms with Crippen LogP contribution < -0.4 is 5.56 Å². The van der Waals surface area contributed by atoms with Gasteiger partial charge in [-0.05, 0) is 18.9 Å². The summed E-state index contributed by atoms with van der Waals surface area (Å²) in [6.45, 7) is 8.93. The highest BCUT2D eigenvalue weighted by Gasteiger charge is 2.31. The molecule has 7 heteroatoms. The Balaban J connectivity index is 1.82. The predicted octanol–water partition coefficient (Wildman–Crippen LogP) is 2.14. The van der Waals surface area contributed by atoms with Gasteiger partial charge >= 0.3 is 0 Å². The van der Waals surface area contributed by atoms with Crippen molar-refractivity contribution in [2.45, 2.75) is 58.5 Å². The van der Waals surface area contributed by atoms with Crippen LogP contribution in [0, 0.1) is 6.92 Å². The molecule has 0 radical (unpaired) electrons. The third-order valence-electron chi connectivity index (χ3n) is 4.49. The lowest BCUT2D eigenvalue weighted by Gasteiger charge is -2.25. The Hall–Kier alpha value is -2.44. The Morgan fingerprint density at radius 2 is 2.12 bits per heavy atom. The molecule has 0 aliphatic carbocycles. The van der Waals surface area contributed by atoms with E-state index in [1.807, 2.05) is 0 Å². The number of likely N-dealkylation sites (tertiary alicyclic amines) is 1. The van der Waals surface area contributed by atoms with Crippen LogP contribution in [0.15, 0.2) is 27.6 Å². The van der Waals surface area contributed by atoms with Crippen LogP contribution in [0.3, 0.4) is 0 Å². The van der Waals surface area contributed by atoms with Crippen LogP contribution >= 0.6 is 0 Å². The van der Waals surface area contributed by atoms with E-state index in [0.29, 0.717) is 24.7 Å². The van der Waals surface area contributed by atoms with E-state index < -0.39 is 0 Å². The van der Waals surface area contributed by atoms with Crippen molar-refractivity contribution in [3.8, 4) is 0 Å². The van der Waals surface area contributed by atoms with Gasteiger partial charge in [0, 0.05) is 24.9 Å². The first-order chi connectivity index (χ1) is 11.8. The van der Waals surface area contributed by atoms with Crippen LogP contribution in [0.5, 0.6) is 0 Å². The Morgan fingerprint density at radius 3 is 2.76 bits per heavy atom. The summed E-state index contributed by atoms with van der Waals surface area (Å²) in [6.07, 6.45) is 3.13. The number of oxazole rings is 1. The number of hydrogen-bond acceptors (Lipinski definition) is 5. The molecule has 1 fully saturated rings. The average Bonchev–Trinajstić information content (AvgIpc) is 3.16. The number of amides is 1. The zero-order valence-corrected chi connectivity index (χ0v) is 15.2. The Kier molecular flexibility index (Phi) is 4.49. The summed E-state index contributed by atoms with van der Waals surface area (Å²) in [5, 5.41) is 4.51. The SMILES string of the molecule is Cc1nc(C(=O)N2CCCC2Cn2nc(C(C)(C)C)ccc2=O)co1. The highest BCUT2D eigenvalue weighted by molar-refractivity contribution is 5.92. The second-order valence-corrected chi connectivity index (χ2v) is 7.54. The largest absolute Gasteiger partial charge is 0.448 e. The van der Waals surface area contributed by atoms with Crippen molar-refractivity contribution in [3.63, 3.8) is 0 Å². The predicted molar refractivity (Wildman–Crippen MR) is 92.5 cm³/mol. The second kappa shape index (κ2) is 6.46. The van der Waals surface area contributed by atoms with Gasteiger partial charge in [-0.2, -0.15) is 5.10 Å². The summed E-state index contributed by atoms with van der Waals surface area (Å²) in [6, 6.07) is 3.26. The number of carbonyl (C=O) groups is 1. The molecular formula is C18H24N4O3. The molecule has 25 heavy (non-hydrogen) atoms. The third-order valence-corrected chi connectivity index (χ3v) is 4.49. The molecule has 3 rings (SSSR count). The van der Waals surface area contributed by atoms with Crippen molar-refractivity contribution in [2.75, 3.05) is 6.54 Å². The van der Waals surface area contributed by atoms with Gasteiger partial charge in [0.2, 0.25) is 0 Å². The summed E-state index contributed by atoms with van der Waals surface area (Å²) in [7, 11) is 0. The number of hydrogen-bond donors (Lipinski definition) is 0. The Labute approximate surface area is 146 Å². The second-order valence-electron chi connectivity index (χ2n) is 7.54. The van der Waals surface area contributed by atoms with Gasteiger partial charge in [-0.1, -0.05) is 20.8 Å². The molecular weight excluding hydrogens is 320 g/mol. The summed E-state index contributed by atoms with van der Waals surface area (Å²) >= 11 is 0. The minimum Gasteiger partial charge on any atom is -0.448 e. The minimum atomic E-state index is -0.153. The lowest BCUT2D eigenvalue weighted by atomic mass is 9.92. The van der Waals surface area contributed by atoms with E-state index >= 15 is 0 Å². The van der Waals surface area contributed by atoms with E-state index in [1.165, 1.54) is 10.9 Å². The van der Waals surface area contributed by atoms with Crippen LogP contribution in [-0.2, 0) is 12.0 Å². The molecule has 1 unspecified atom stereocenters. The lowest BCUT2D eigenvalue weighted by molar-refractivity contribution is 0.0714. The van der Waals surface area contributed by atoms with E-state index in [1.54, 1.807) is 24.0 Å². The van der Waals surface area contributed by atoms with Crippen LogP contribution in [-0.4, -0.2) is 38.2 Å². The normalized spacial score (nSPS) is 17.9. The molecule has 0 bridgehead atoms. The molecule has 1 saturated heterocycles. The molecule has 0 spiro atoms. The number of aromatic nitrogens is 3. The summed E-state index contributed by atoms with van der Waals surface area (Å²) in [5.41, 5.74) is 0.881. The van der Waals surface area contributed by atoms with E-state index in [9.17, 15) is 9.59 Å². The monoisotopic (exact) mass is 344 g/mol. The maximum absolute atomic E-state index is 12.7. The highest BCUT2D eigenvalue weighted by Crippen LogP contribution is 2.22. The van der Waals surface area contributed by atoms with Crippen molar-refractivity contribution in [3.05, 3.63) is 46.0 Å². The van der Waals surface area contributed by atoms with Crippen molar-refractivity contribution in [2.24, 2.45) is 0 Å². The van der Waals surface area contributed by atoms with Gasteiger partial charge < -0.3 is 9.32 Å². The van der Waals surface area contributed by atoms with Gasteiger partial charge in [0.1, 0.15) is 6.26 Å². The molecule has 2 aromatic rings. The average molecular weight is 344 g/mol. The van der Waals surface area contributed by atoms with Crippen molar-refractivity contribution in [1.82, 2.24) is 19.7 Å². The smallest absolute Gasteiger partial charge is 0.276 e. The molecule has 0 saturated carbocycles. The first-order valence-corrected chi connectivity index (χ1v) is 8.57. The first-order valence-electron chi connectivity index (χ1n) is 8.57. The quantitative estimate of drug-likeness (QED) is 0.852. The zero-order chi connectivity index (χ0) is 18.2. The summed E-state index contributed by atoms with van der Waals surface area (Å²) in [5.74, 6) is 0.314. The Morgan fingerprint density at radius 1 is 1.36 bits per heavy atom. The van der Waals surface area contributed by atoms with Gasteiger partial charge in [-0.25, -0.2) is 9.67 Å². The van der Waals surface area contributed by atoms with Crippen LogP contribution in [0.2, 0.25) is 0 Å². The number of nitrogens with zero attached hydrogens (tertiary/aromatic N) is 4. The van der Waals surface area contributed by atoms with Crippen LogP contribution in [0.4, 0.5) is 0 Å². The van der Waals surface area contributed by atoms with E-state index in [4.69, 9.17) is 4.42 Å². The van der Waals surface area contributed by atoms with E-state index in [2.05, 4.69) is 30.9 Å². The molecule has 1 amide bonds. The maximum atomic E-state index is 12.7. The first kappa shape index (κ1) is 17.4. The molecule has 1 atom stereocenters. The van der Waals surface area contributed by atoms with Gasteiger partial charge in [-0.3, -0.25) is 9.59 Å². The zero-order valence-electron chi connectivity index (χ0n) is 15.2. The fraction of sp³-hybridized carbons (Fsp3) is 0.556. The highest BCUT2D eigenvalue weighted by atomic mass is 16.3. The number of carbonyl (C=O) groups excluding carboxylic acids is 1.